The van der Waals surface area contributed by atoms with Gasteiger partial charge in [0.15, 0.2) is 0 Å². The third kappa shape index (κ3) is 4.30. The maximum absolute atomic E-state index is 12.6. The van der Waals surface area contributed by atoms with Crippen LogP contribution in [0.5, 0.6) is 0 Å². The van der Waals surface area contributed by atoms with E-state index in [1.165, 1.54) is 4.31 Å². The summed E-state index contributed by atoms with van der Waals surface area (Å²) < 4.78 is 26.6. The van der Waals surface area contributed by atoms with Gasteiger partial charge in [-0.15, -0.1) is 0 Å². The SMILES string of the molecule is CCN(Cc1ccccc1)S(=O)(=O)Cc1ccccc1Cl. The van der Waals surface area contributed by atoms with Gasteiger partial charge in [-0.05, 0) is 17.2 Å². The van der Waals surface area contributed by atoms with Crippen LogP contribution in [-0.4, -0.2) is 19.3 Å². The van der Waals surface area contributed by atoms with Gasteiger partial charge < -0.3 is 0 Å². The smallest absolute Gasteiger partial charge is 0.212 e. The highest BCUT2D eigenvalue weighted by atomic mass is 35.5. The van der Waals surface area contributed by atoms with Crippen molar-refractivity contribution in [3.05, 3.63) is 70.7 Å². The Morgan fingerprint density at radius 3 is 2.24 bits per heavy atom. The molecular formula is C16H18ClNO2S. The van der Waals surface area contributed by atoms with Crippen LogP contribution in [0, 0.1) is 0 Å². The second kappa shape index (κ2) is 7.07. The molecule has 2 aromatic rings. The number of hydrogen-bond acceptors (Lipinski definition) is 2. The third-order valence-corrected chi connectivity index (χ3v) is 5.46. The summed E-state index contributed by atoms with van der Waals surface area (Å²) in [7, 11) is -3.40. The van der Waals surface area contributed by atoms with Crippen molar-refractivity contribution in [3.63, 3.8) is 0 Å². The molecule has 0 radical (unpaired) electrons. The summed E-state index contributed by atoms with van der Waals surface area (Å²) in [4.78, 5) is 0. The Kier molecular flexibility index (Phi) is 5.39. The van der Waals surface area contributed by atoms with Gasteiger partial charge in [0, 0.05) is 18.1 Å². The van der Waals surface area contributed by atoms with Gasteiger partial charge in [0.05, 0.1) is 5.75 Å². The Hall–Kier alpha value is -1.36. The van der Waals surface area contributed by atoms with Crippen molar-refractivity contribution in [2.45, 2.75) is 19.2 Å². The highest BCUT2D eigenvalue weighted by Crippen LogP contribution is 2.20. The van der Waals surface area contributed by atoms with E-state index in [2.05, 4.69) is 0 Å². The van der Waals surface area contributed by atoms with Crippen molar-refractivity contribution in [2.75, 3.05) is 6.54 Å². The molecule has 0 bridgehead atoms. The number of benzene rings is 2. The highest BCUT2D eigenvalue weighted by Gasteiger charge is 2.22. The van der Waals surface area contributed by atoms with Crippen LogP contribution in [0.1, 0.15) is 18.1 Å². The molecule has 3 nitrogen and oxygen atoms in total. The van der Waals surface area contributed by atoms with Gasteiger partial charge in [-0.1, -0.05) is 67.1 Å². The predicted molar refractivity (Wildman–Crippen MR) is 86.6 cm³/mol. The van der Waals surface area contributed by atoms with E-state index in [0.29, 0.717) is 23.7 Å². The normalized spacial score (nSPS) is 11.8. The maximum Gasteiger partial charge on any atom is 0.218 e. The Bertz CT molecular complexity index is 686. The Morgan fingerprint density at radius 1 is 1.00 bits per heavy atom. The largest absolute Gasteiger partial charge is 0.218 e. The lowest BCUT2D eigenvalue weighted by Gasteiger charge is -2.21. The fraction of sp³-hybridized carbons (Fsp3) is 0.250. The van der Waals surface area contributed by atoms with Crippen molar-refractivity contribution in [3.8, 4) is 0 Å². The minimum absolute atomic E-state index is 0.0760. The van der Waals surface area contributed by atoms with Crippen molar-refractivity contribution in [1.29, 1.82) is 0 Å². The highest BCUT2D eigenvalue weighted by molar-refractivity contribution is 7.88. The first-order valence-electron chi connectivity index (χ1n) is 6.78. The molecule has 0 N–H and O–H groups in total. The lowest BCUT2D eigenvalue weighted by Crippen LogP contribution is -2.31. The zero-order valence-corrected chi connectivity index (χ0v) is 13.4. The molecule has 0 saturated heterocycles. The first-order valence-corrected chi connectivity index (χ1v) is 8.77. The molecular weight excluding hydrogens is 306 g/mol. The lowest BCUT2D eigenvalue weighted by molar-refractivity contribution is 0.423. The summed E-state index contributed by atoms with van der Waals surface area (Å²) in [6, 6.07) is 16.6. The topological polar surface area (TPSA) is 37.4 Å². The fourth-order valence-electron chi connectivity index (χ4n) is 2.10. The van der Waals surface area contributed by atoms with Crippen molar-refractivity contribution in [2.24, 2.45) is 0 Å². The van der Waals surface area contributed by atoms with E-state index in [-0.39, 0.29) is 5.75 Å². The van der Waals surface area contributed by atoms with Gasteiger partial charge >= 0.3 is 0 Å². The van der Waals surface area contributed by atoms with Crippen molar-refractivity contribution in [1.82, 2.24) is 4.31 Å². The summed E-state index contributed by atoms with van der Waals surface area (Å²) in [5.74, 6) is -0.0760. The monoisotopic (exact) mass is 323 g/mol. The van der Waals surface area contributed by atoms with Crippen LogP contribution in [0.15, 0.2) is 54.6 Å². The number of halogens is 1. The van der Waals surface area contributed by atoms with Gasteiger partial charge in [-0.25, -0.2) is 8.42 Å². The Morgan fingerprint density at radius 2 is 1.62 bits per heavy atom. The summed E-state index contributed by atoms with van der Waals surface area (Å²) in [5.41, 5.74) is 1.60. The average Bonchev–Trinajstić information content (AvgIpc) is 2.48. The maximum atomic E-state index is 12.6. The molecule has 0 heterocycles. The van der Waals surface area contributed by atoms with Gasteiger partial charge in [0.1, 0.15) is 0 Å². The number of hydrogen-bond donors (Lipinski definition) is 0. The molecule has 2 aromatic carbocycles. The van der Waals surface area contributed by atoms with Gasteiger partial charge in [-0.3, -0.25) is 0 Å². The minimum atomic E-state index is -3.40. The molecule has 21 heavy (non-hydrogen) atoms. The van der Waals surface area contributed by atoms with E-state index < -0.39 is 10.0 Å². The van der Waals surface area contributed by atoms with Gasteiger partial charge in [0.2, 0.25) is 10.0 Å². The van der Waals surface area contributed by atoms with Crippen LogP contribution >= 0.6 is 11.6 Å². The van der Waals surface area contributed by atoms with E-state index >= 15 is 0 Å². The third-order valence-electron chi connectivity index (χ3n) is 3.24. The van der Waals surface area contributed by atoms with E-state index in [1.54, 1.807) is 24.3 Å². The number of sulfonamides is 1. The molecule has 0 atom stereocenters. The van der Waals surface area contributed by atoms with Crippen LogP contribution in [0.3, 0.4) is 0 Å². The fourth-order valence-corrected chi connectivity index (χ4v) is 3.95. The van der Waals surface area contributed by atoms with E-state index in [1.807, 2.05) is 37.3 Å². The van der Waals surface area contributed by atoms with E-state index in [0.717, 1.165) is 5.56 Å². The molecule has 0 spiro atoms. The molecule has 0 aromatic heterocycles. The predicted octanol–water partition coefficient (Wildman–Crippen LogP) is 3.69. The molecule has 0 unspecified atom stereocenters. The quantitative estimate of drug-likeness (QED) is 0.813. The summed E-state index contributed by atoms with van der Waals surface area (Å²) in [5, 5.41) is 0.483. The molecule has 0 aliphatic rings. The minimum Gasteiger partial charge on any atom is -0.212 e. The molecule has 5 heteroatoms. The number of nitrogens with zero attached hydrogens (tertiary/aromatic N) is 1. The van der Waals surface area contributed by atoms with E-state index in [9.17, 15) is 8.42 Å². The molecule has 0 saturated carbocycles. The van der Waals surface area contributed by atoms with Gasteiger partial charge in [0.25, 0.3) is 0 Å². The van der Waals surface area contributed by atoms with Crippen LogP contribution in [0.25, 0.3) is 0 Å². The first-order chi connectivity index (χ1) is 10.0. The molecule has 2 rings (SSSR count). The van der Waals surface area contributed by atoms with Crippen LogP contribution < -0.4 is 0 Å². The first kappa shape index (κ1) is 16.0. The average molecular weight is 324 g/mol. The summed E-state index contributed by atoms with van der Waals surface area (Å²) in [6.45, 7) is 2.65. The van der Waals surface area contributed by atoms with Gasteiger partial charge in [-0.2, -0.15) is 4.31 Å². The Labute approximate surface area is 131 Å². The summed E-state index contributed by atoms with van der Waals surface area (Å²) in [6.07, 6.45) is 0. The van der Waals surface area contributed by atoms with Crippen LogP contribution in [-0.2, 0) is 22.3 Å². The standard InChI is InChI=1S/C16H18ClNO2S/c1-2-18(12-14-8-4-3-5-9-14)21(19,20)13-15-10-6-7-11-16(15)17/h3-11H,2,12-13H2,1H3. The number of rotatable bonds is 6. The molecule has 0 amide bonds. The second-order valence-corrected chi connectivity index (χ2v) is 7.14. The molecule has 0 aliphatic carbocycles. The summed E-state index contributed by atoms with van der Waals surface area (Å²) >= 11 is 6.06. The lowest BCUT2D eigenvalue weighted by atomic mass is 10.2. The van der Waals surface area contributed by atoms with Crippen LogP contribution in [0.4, 0.5) is 0 Å². The molecule has 112 valence electrons. The van der Waals surface area contributed by atoms with E-state index in [4.69, 9.17) is 11.6 Å². The molecule has 0 aliphatic heterocycles. The van der Waals surface area contributed by atoms with Crippen molar-refractivity contribution < 1.29 is 8.42 Å². The Balaban J connectivity index is 2.18. The second-order valence-electron chi connectivity index (χ2n) is 4.76. The van der Waals surface area contributed by atoms with Crippen LogP contribution in [0.2, 0.25) is 5.02 Å². The zero-order chi connectivity index (χ0) is 15.3. The van der Waals surface area contributed by atoms with Crippen molar-refractivity contribution >= 4 is 21.6 Å². The zero-order valence-electron chi connectivity index (χ0n) is 11.9. The molecule has 0 fully saturated rings.